The summed E-state index contributed by atoms with van der Waals surface area (Å²) in [7, 11) is 0. The fourth-order valence-electron chi connectivity index (χ4n) is 2.33. The molecule has 0 aliphatic heterocycles. The first-order chi connectivity index (χ1) is 12.5. The number of hydrogen-bond donors (Lipinski definition) is 3. The van der Waals surface area contributed by atoms with Crippen molar-refractivity contribution in [2.45, 2.75) is 13.0 Å². The molecule has 1 heterocycles. The van der Waals surface area contributed by atoms with Gasteiger partial charge in [-0.15, -0.1) is 0 Å². The quantitative estimate of drug-likeness (QED) is 0.548. The highest BCUT2D eigenvalue weighted by Gasteiger charge is 2.11. The lowest BCUT2D eigenvalue weighted by atomic mass is 10.1. The minimum absolute atomic E-state index is 0.0526. The Morgan fingerprint density at radius 3 is 2.58 bits per heavy atom. The van der Waals surface area contributed by atoms with Gasteiger partial charge < -0.3 is 15.7 Å². The Bertz CT molecular complexity index is 892. The van der Waals surface area contributed by atoms with Crippen molar-refractivity contribution in [2.75, 3.05) is 17.2 Å². The first kappa shape index (κ1) is 18.3. The maximum absolute atomic E-state index is 14.1. The van der Waals surface area contributed by atoms with Gasteiger partial charge in [-0.1, -0.05) is 46.3 Å². The van der Waals surface area contributed by atoms with Crippen molar-refractivity contribution >= 4 is 33.4 Å². The molecular formula is C19H18BrFN4O. The van der Waals surface area contributed by atoms with E-state index in [1.807, 2.05) is 37.3 Å². The highest BCUT2D eigenvalue weighted by atomic mass is 79.9. The first-order valence-corrected chi connectivity index (χ1v) is 8.88. The van der Waals surface area contributed by atoms with Crippen molar-refractivity contribution in [2.24, 2.45) is 0 Å². The SMILES string of the molecule is C[C@@H](CO)Nc1nc(Nc2ccc(Br)cc2F)cc(-c2ccccc2)n1. The summed E-state index contributed by atoms with van der Waals surface area (Å²) in [6.07, 6.45) is 0. The molecule has 0 spiro atoms. The van der Waals surface area contributed by atoms with Gasteiger partial charge in [-0.05, 0) is 25.1 Å². The lowest BCUT2D eigenvalue weighted by Gasteiger charge is -2.14. The molecule has 0 saturated heterocycles. The number of aliphatic hydroxyl groups excluding tert-OH is 1. The van der Waals surface area contributed by atoms with Crippen molar-refractivity contribution in [1.29, 1.82) is 0 Å². The maximum Gasteiger partial charge on any atom is 0.225 e. The van der Waals surface area contributed by atoms with Crippen molar-refractivity contribution < 1.29 is 9.50 Å². The van der Waals surface area contributed by atoms with E-state index in [1.165, 1.54) is 6.07 Å². The molecule has 26 heavy (non-hydrogen) atoms. The monoisotopic (exact) mass is 416 g/mol. The zero-order chi connectivity index (χ0) is 18.5. The molecule has 0 aliphatic rings. The molecular weight excluding hydrogens is 399 g/mol. The Balaban J connectivity index is 1.98. The van der Waals surface area contributed by atoms with Crippen LogP contribution in [0.15, 0.2) is 59.1 Å². The van der Waals surface area contributed by atoms with E-state index in [0.717, 1.165) is 5.56 Å². The summed E-state index contributed by atoms with van der Waals surface area (Å²) in [5, 5.41) is 15.3. The summed E-state index contributed by atoms with van der Waals surface area (Å²) in [5.74, 6) is 0.415. The molecule has 7 heteroatoms. The third-order valence-electron chi connectivity index (χ3n) is 3.64. The molecule has 1 aromatic heterocycles. The molecule has 1 atom stereocenters. The van der Waals surface area contributed by atoms with E-state index in [9.17, 15) is 9.50 Å². The van der Waals surface area contributed by atoms with Gasteiger partial charge >= 0.3 is 0 Å². The Hall–Kier alpha value is -2.51. The van der Waals surface area contributed by atoms with Gasteiger partial charge in [0.25, 0.3) is 0 Å². The third kappa shape index (κ3) is 4.56. The Morgan fingerprint density at radius 1 is 1.12 bits per heavy atom. The highest BCUT2D eigenvalue weighted by Crippen LogP contribution is 2.26. The molecule has 0 aliphatic carbocycles. The molecule has 0 unspecified atom stereocenters. The van der Waals surface area contributed by atoms with Crippen LogP contribution in [-0.4, -0.2) is 27.7 Å². The maximum atomic E-state index is 14.1. The van der Waals surface area contributed by atoms with E-state index in [2.05, 4.69) is 36.5 Å². The largest absolute Gasteiger partial charge is 0.394 e. The predicted molar refractivity (Wildman–Crippen MR) is 105 cm³/mol. The lowest BCUT2D eigenvalue weighted by molar-refractivity contribution is 0.281. The van der Waals surface area contributed by atoms with E-state index in [4.69, 9.17) is 0 Å². The van der Waals surface area contributed by atoms with Gasteiger partial charge in [-0.2, -0.15) is 4.98 Å². The zero-order valence-electron chi connectivity index (χ0n) is 14.1. The minimum Gasteiger partial charge on any atom is -0.394 e. The zero-order valence-corrected chi connectivity index (χ0v) is 15.7. The van der Waals surface area contributed by atoms with Gasteiger partial charge in [0.2, 0.25) is 5.95 Å². The average molecular weight is 417 g/mol. The molecule has 2 aromatic carbocycles. The lowest BCUT2D eigenvalue weighted by Crippen LogP contribution is -2.21. The van der Waals surface area contributed by atoms with Crippen LogP contribution in [0.3, 0.4) is 0 Å². The topological polar surface area (TPSA) is 70.1 Å². The molecule has 0 saturated carbocycles. The standard InChI is InChI=1S/C19H18BrFN4O/c1-12(11-26)22-19-24-17(13-5-3-2-4-6-13)10-18(25-19)23-16-8-7-14(20)9-15(16)21/h2-10,12,26H,11H2,1H3,(H2,22,23,24,25)/t12-/m0/s1. The average Bonchev–Trinajstić information content (AvgIpc) is 2.64. The van der Waals surface area contributed by atoms with Crippen molar-refractivity contribution in [3.8, 4) is 11.3 Å². The molecule has 0 radical (unpaired) electrons. The van der Waals surface area contributed by atoms with Crippen LogP contribution < -0.4 is 10.6 Å². The molecule has 134 valence electrons. The smallest absolute Gasteiger partial charge is 0.225 e. The summed E-state index contributed by atoms with van der Waals surface area (Å²) in [6, 6.07) is 15.9. The normalized spacial score (nSPS) is 11.8. The number of anilines is 3. The van der Waals surface area contributed by atoms with Crippen molar-refractivity contribution in [3.05, 3.63) is 64.9 Å². The molecule has 3 aromatic rings. The molecule has 0 fully saturated rings. The predicted octanol–water partition coefficient (Wildman–Crippen LogP) is 4.58. The summed E-state index contributed by atoms with van der Waals surface area (Å²) in [6.45, 7) is 1.77. The highest BCUT2D eigenvalue weighted by molar-refractivity contribution is 9.10. The van der Waals surface area contributed by atoms with Crippen LogP contribution in [0.25, 0.3) is 11.3 Å². The fourth-order valence-corrected chi connectivity index (χ4v) is 2.66. The van der Waals surface area contributed by atoms with E-state index in [-0.39, 0.29) is 12.6 Å². The van der Waals surface area contributed by atoms with Gasteiger partial charge in [-0.25, -0.2) is 9.37 Å². The third-order valence-corrected chi connectivity index (χ3v) is 4.13. The summed E-state index contributed by atoms with van der Waals surface area (Å²) >= 11 is 3.24. The van der Waals surface area contributed by atoms with Crippen LogP contribution in [0, 0.1) is 5.82 Å². The number of aliphatic hydroxyl groups is 1. The van der Waals surface area contributed by atoms with E-state index >= 15 is 0 Å². The molecule has 3 rings (SSSR count). The second kappa shape index (κ2) is 8.25. The van der Waals surface area contributed by atoms with Crippen LogP contribution in [0.2, 0.25) is 0 Å². The first-order valence-electron chi connectivity index (χ1n) is 8.09. The van der Waals surface area contributed by atoms with Gasteiger partial charge in [0.05, 0.1) is 18.0 Å². The molecule has 3 N–H and O–H groups in total. The molecule has 0 bridgehead atoms. The molecule has 0 amide bonds. The van der Waals surface area contributed by atoms with Crippen molar-refractivity contribution in [1.82, 2.24) is 9.97 Å². The van der Waals surface area contributed by atoms with Gasteiger partial charge in [0.15, 0.2) is 0 Å². The summed E-state index contributed by atoms with van der Waals surface area (Å²) in [5.41, 5.74) is 1.91. The number of hydrogen-bond acceptors (Lipinski definition) is 5. The number of halogens is 2. The number of aromatic nitrogens is 2. The van der Waals surface area contributed by atoms with Crippen LogP contribution in [-0.2, 0) is 0 Å². The number of rotatable bonds is 6. The second-order valence-electron chi connectivity index (χ2n) is 5.81. The summed E-state index contributed by atoms with van der Waals surface area (Å²) < 4.78 is 14.8. The van der Waals surface area contributed by atoms with Gasteiger partial charge in [0.1, 0.15) is 11.6 Å². The van der Waals surface area contributed by atoms with Gasteiger partial charge in [0, 0.05) is 22.1 Å². The Labute approximate surface area is 159 Å². The van der Waals surface area contributed by atoms with E-state index < -0.39 is 5.82 Å². The summed E-state index contributed by atoms with van der Waals surface area (Å²) in [4.78, 5) is 8.88. The van der Waals surface area contributed by atoms with Crippen LogP contribution >= 0.6 is 15.9 Å². The van der Waals surface area contributed by atoms with Crippen molar-refractivity contribution in [3.63, 3.8) is 0 Å². The van der Waals surface area contributed by atoms with Crippen LogP contribution in [0.4, 0.5) is 21.8 Å². The number of nitrogens with zero attached hydrogens (tertiary/aromatic N) is 2. The van der Waals surface area contributed by atoms with E-state index in [1.54, 1.807) is 18.2 Å². The Morgan fingerprint density at radius 2 is 1.88 bits per heavy atom. The van der Waals surface area contributed by atoms with Crippen LogP contribution in [0.1, 0.15) is 6.92 Å². The van der Waals surface area contributed by atoms with E-state index in [0.29, 0.717) is 27.6 Å². The van der Waals surface area contributed by atoms with Crippen LogP contribution in [0.5, 0.6) is 0 Å². The number of nitrogens with one attached hydrogen (secondary N) is 2. The molecule has 5 nitrogen and oxygen atoms in total. The second-order valence-corrected chi connectivity index (χ2v) is 6.72. The minimum atomic E-state index is -0.391. The fraction of sp³-hybridized carbons (Fsp3) is 0.158. The number of benzene rings is 2. The van der Waals surface area contributed by atoms with Gasteiger partial charge in [-0.3, -0.25) is 0 Å². The Kier molecular flexibility index (Phi) is 5.80.